The molecule has 0 saturated heterocycles. The Morgan fingerprint density at radius 3 is 2.18 bits per heavy atom. The molecule has 0 amide bonds. The minimum Gasteiger partial charge on any atom is -0.508 e. The maximum atomic E-state index is 9.52. The van der Waals surface area contributed by atoms with Crippen molar-refractivity contribution >= 4 is 32.8 Å². The number of aryl methyl sites for hydroxylation is 1. The second-order valence-electron chi connectivity index (χ2n) is 6.72. The van der Waals surface area contributed by atoms with Crippen molar-refractivity contribution in [1.29, 1.82) is 0 Å². The lowest BCUT2D eigenvalue weighted by Crippen LogP contribution is -1.83. The standard InChI is InChI=1S/C24H17NOS2/c1-15-3-2-4-20-21(15)22(23(28-20)24-25-13-14-27-24)18-7-5-16(6-8-18)17-9-11-19(26)12-10-17/h2-14,26H,1H3. The molecule has 2 nitrogen and oxygen atoms in total. The van der Waals surface area contributed by atoms with E-state index in [2.05, 4.69) is 54.4 Å². The lowest BCUT2D eigenvalue weighted by atomic mass is 9.96. The van der Waals surface area contributed by atoms with Gasteiger partial charge < -0.3 is 5.11 Å². The van der Waals surface area contributed by atoms with E-state index in [-0.39, 0.29) is 5.75 Å². The Hall–Kier alpha value is -2.95. The van der Waals surface area contributed by atoms with E-state index < -0.39 is 0 Å². The minimum atomic E-state index is 0.286. The van der Waals surface area contributed by atoms with Gasteiger partial charge in [-0.2, -0.15) is 0 Å². The Kier molecular flexibility index (Phi) is 4.23. The predicted octanol–water partition coefficient (Wildman–Crippen LogP) is 7.37. The third-order valence-electron chi connectivity index (χ3n) is 4.92. The molecule has 0 saturated carbocycles. The summed E-state index contributed by atoms with van der Waals surface area (Å²) in [6.45, 7) is 2.18. The Balaban J connectivity index is 1.68. The highest BCUT2D eigenvalue weighted by Crippen LogP contribution is 2.46. The molecule has 136 valence electrons. The molecule has 4 heteroatoms. The van der Waals surface area contributed by atoms with E-state index in [0.717, 1.165) is 16.1 Å². The Morgan fingerprint density at radius 1 is 0.821 bits per heavy atom. The summed E-state index contributed by atoms with van der Waals surface area (Å²) in [5, 5.41) is 13.9. The van der Waals surface area contributed by atoms with Gasteiger partial charge >= 0.3 is 0 Å². The summed E-state index contributed by atoms with van der Waals surface area (Å²) in [6.07, 6.45) is 1.87. The van der Waals surface area contributed by atoms with E-state index in [0.29, 0.717) is 0 Å². The molecule has 1 N–H and O–H groups in total. The topological polar surface area (TPSA) is 33.1 Å². The lowest BCUT2D eigenvalue weighted by molar-refractivity contribution is 0.475. The molecule has 0 aliphatic heterocycles. The summed E-state index contributed by atoms with van der Waals surface area (Å²) >= 11 is 3.50. The highest BCUT2D eigenvalue weighted by Gasteiger charge is 2.18. The zero-order valence-electron chi connectivity index (χ0n) is 15.2. The van der Waals surface area contributed by atoms with Gasteiger partial charge in [0.05, 0.1) is 4.88 Å². The summed E-state index contributed by atoms with van der Waals surface area (Å²) in [5.41, 5.74) is 5.99. The fraction of sp³-hybridized carbons (Fsp3) is 0.0417. The molecule has 2 heterocycles. The summed E-state index contributed by atoms with van der Waals surface area (Å²) in [5.74, 6) is 0.286. The number of thiophene rings is 1. The van der Waals surface area contributed by atoms with E-state index >= 15 is 0 Å². The number of aromatic nitrogens is 1. The molecule has 5 rings (SSSR count). The van der Waals surface area contributed by atoms with Crippen LogP contribution in [0, 0.1) is 6.92 Å². The average molecular weight is 400 g/mol. The molecule has 0 aliphatic rings. The first kappa shape index (κ1) is 17.2. The number of hydrogen-bond donors (Lipinski definition) is 1. The molecule has 0 spiro atoms. The van der Waals surface area contributed by atoms with Gasteiger partial charge in [0.25, 0.3) is 0 Å². The van der Waals surface area contributed by atoms with Crippen LogP contribution in [-0.2, 0) is 0 Å². The van der Waals surface area contributed by atoms with Gasteiger partial charge in [-0.15, -0.1) is 22.7 Å². The van der Waals surface area contributed by atoms with Crippen molar-refractivity contribution in [1.82, 2.24) is 4.98 Å². The minimum absolute atomic E-state index is 0.286. The second kappa shape index (κ2) is 6.89. The van der Waals surface area contributed by atoms with Crippen LogP contribution in [-0.4, -0.2) is 10.1 Å². The Labute approximate surface area is 171 Å². The average Bonchev–Trinajstić information content (AvgIpc) is 3.37. The number of hydrogen-bond acceptors (Lipinski definition) is 4. The zero-order chi connectivity index (χ0) is 19.1. The van der Waals surface area contributed by atoms with Crippen LogP contribution in [0.15, 0.2) is 78.3 Å². The van der Waals surface area contributed by atoms with Crippen LogP contribution in [0.3, 0.4) is 0 Å². The van der Waals surface area contributed by atoms with Gasteiger partial charge in [0.2, 0.25) is 0 Å². The quantitative estimate of drug-likeness (QED) is 0.343. The first-order chi connectivity index (χ1) is 13.7. The molecular weight excluding hydrogens is 382 g/mol. The van der Waals surface area contributed by atoms with Crippen molar-refractivity contribution in [2.45, 2.75) is 6.92 Å². The largest absolute Gasteiger partial charge is 0.508 e. The van der Waals surface area contributed by atoms with Gasteiger partial charge in [-0.1, -0.05) is 48.5 Å². The number of nitrogens with zero attached hydrogens (tertiary/aromatic N) is 1. The van der Waals surface area contributed by atoms with Crippen molar-refractivity contribution in [2.24, 2.45) is 0 Å². The number of thiazole rings is 1. The van der Waals surface area contributed by atoms with Crippen LogP contribution in [0.4, 0.5) is 0 Å². The van der Waals surface area contributed by atoms with Crippen LogP contribution >= 0.6 is 22.7 Å². The number of fused-ring (bicyclic) bond motifs is 1. The summed E-state index contributed by atoms with van der Waals surface area (Å²) < 4.78 is 1.29. The first-order valence-corrected chi connectivity index (χ1v) is 10.7. The van der Waals surface area contributed by atoms with Gasteiger partial charge in [0.1, 0.15) is 10.8 Å². The second-order valence-corrected chi connectivity index (χ2v) is 8.66. The molecule has 0 fully saturated rings. The van der Waals surface area contributed by atoms with Crippen molar-refractivity contribution in [3.63, 3.8) is 0 Å². The summed E-state index contributed by atoms with van der Waals surface area (Å²) in [6, 6.07) is 22.5. The van der Waals surface area contributed by atoms with Crippen molar-refractivity contribution in [2.75, 3.05) is 0 Å². The third-order valence-corrected chi connectivity index (χ3v) is 7.01. The zero-order valence-corrected chi connectivity index (χ0v) is 16.8. The highest BCUT2D eigenvalue weighted by molar-refractivity contribution is 7.26. The number of phenols is 1. The van der Waals surface area contributed by atoms with Crippen molar-refractivity contribution in [3.8, 4) is 37.9 Å². The molecule has 0 atom stereocenters. The number of benzene rings is 3. The van der Waals surface area contributed by atoms with E-state index in [4.69, 9.17) is 0 Å². The van der Waals surface area contributed by atoms with Crippen LogP contribution in [0.2, 0.25) is 0 Å². The van der Waals surface area contributed by atoms with Crippen molar-refractivity contribution in [3.05, 3.63) is 83.9 Å². The monoisotopic (exact) mass is 399 g/mol. The van der Waals surface area contributed by atoms with Gasteiger partial charge in [-0.25, -0.2) is 4.98 Å². The van der Waals surface area contributed by atoms with Crippen molar-refractivity contribution < 1.29 is 5.11 Å². The van der Waals surface area contributed by atoms with Gasteiger partial charge in [0.15, 0.2) is 0 Å². The van der Waals surface area contributed by atoms with E-state index in [1.165, 1.54) is 31.7 Å². The third kappa shape index (κ3) is 2.91. The van der Waals surface area contributed by atoms with Crippen LogP contribution < -0.4 is 0 Å². The predicted molar refractivity (Wildman–Crippen MR) is 120 cm³/mol. The maximum Gasteiger partial charge on any atom is 0.133 e. The molecule has 28 heavy (non-hydrogen) atoms. The fourth-order valence-corrected chi connectivity index (χ4v) is 5.61. The molecule has 0 unspecified atom stereocenters. The van der Waals surface area contributed by atoms with Gasteiger partial charge in [-0.05, 0) is 47.4 Å². The molecule has 0 radical (unpaired) electrons. The van der Waals surface area contributed by atoms with E-state index in [1.54, 1.807) is 23.5 Å². The van der Waals surface area contributed by atoms with Gasteiger partial charge in [-0.3, -0.25) is 0 Å². The highest BCUT2D eigenvalue weighted by atomic mass is 32.1. The SMILES string of the molecule is Cc1cccc2sc(-c3nccs3)c(-c3ccc(-c4ccc(O)cc4)cc3)c12. The Morgan fingerprint density at radius 2 is 1.50 bits per heavy atom. The Bertz CT molecular complexity index is 1250. The maximum absolute atomic E-state index is 9.52. The number of aromatic hydroxyl groups is 1. The fourth-order valence-electron chi connectivity index (χ4n) is 3.57. The normalized spacial score (nSPS) is 11.2. The van der Waals surface area contributed by atoms with Crippen LogP contribution in [0.1, 0.15) is 5.56 Å². The van der Waals surface area contributed by atoms with Gasteiger partial charge in [0, 0.05) is 27.2 Å². The molecule has 3 aromatic carbocycles. The van der Waals surface area contributed by atoms with E-state index in [9.17, 15) is 5.11 Å². The summed E-state index contributed by atoms with van der Waals surface area (Å²) in [7, 11) is 0. The number of rotatable bonds is 3. The number of phenolic OH excluding ortho intramolecular Hbond substituents is 1. The molecule has 2 aromatic heterocycles. The molecule has 0 aliphatic carbocycles. The lowest BCUT2D eigenvalue weighted by Gasteiger charge is -2.08. The molecular formula is C24H17NOS2. The first-order valence-electron chi connectivity index (χ1n) is 9.02. The smallest absolute Gasteiger partial charge is 0.133 e. The van der Waals surface area contributed by atoms with E-state index in [1.807, 2.05) is 35.0 Å². The van der Waals surface area contributed by atoms with Crippen LogP contribution in [0.25, 0.3) is 42.2 Å². The summed E-state index contributed by atoms with van der Waals surface area (Å²) in [4.78, 5) is 5.81. The van der Waals surface area contributed by atoms with Crippen LogP contribution in [0.5, 0.6) is 5.75 Å². The molecule has 0 bridgehead atoms. The molecule has 5 aromatic rings.